The summed E-state index contributed by atoms with van der Waals surface area (Å²) in [5.74, 6) is 0.531. The van der Waals surface area contributed by atoms with Crippen molar-refractivity contribution in [1.82, 2.24) is 0 Å². The fraction of sp³-hybridized carbons (Fsp3) is 0.538. The van der Waals surface area contributed by atoms with E-state index in [0.717, 1.165) is 22.3 Å². The van der Waals surface area contributed by atoms with E-state index in [-0.39, 0.29) is 27.1 Å². The van der Waals surface area contributed by atoms with Gasteiger partial charge in [-0.05, 0) is 90.1 Å². The highest BCUT2D eigenvalue weighted by Gasteiger charge is 2.34. The maximum absolute atomic E-state index is 10.1. The number of aryl methyl sites for hydroxylation is 1. The summed E-state index contributed by atoms with van der Waals surface area (Å²) in [5, 5.41) is 0. The first-order chi connectivity index (χ1) is 19.2. The van der Waals surface area contributed by atoms with Gasteiger partial charge in [-0.3, -0.25) is 0 Å². The highest BCUT2D eigenvalue weighted by molar-refractivity contribution is 7.39. The Bertz CT molecular complexity index is 1480. The molecule has 0 aliphatic rings. The fourth-order valence-electron chi connectivity index (χ4n) is 6.01. The molecule has 0 saturated carbocycles. The lowest BCUT2D eigenvalue weighted by Crippen LogP contribution is -2.21. The molecule has 0 bridgehead atoms. The van der Waals surface area contributed by atoms with Crippen molar-refractivity contribution in [3.63, 3.8) is 0 Å². The summed E-state index contributed by atoms with van der Waals surface area (Å²) in [4.78, 5) is 20.2. The van der Waals surface area contributed by atoms with Gasteiger partial charge in [0, 0.05) is 5.56 Å². The lowest BCUT2D eigenvalue weighted by Gasteiger charge is -2.35. The van der Waals surface area contributed by atoms with E-state index >= 15 is 0 Å². The highest BCUT2D eigenvalue weighted by atomic mass is 31.2. The molecule has 236 valence electrons. The van der Waals surface area contributed by atoms with Crippen LogP contribution in [0.2, 0.25) is 0 Å². The second kappa shape index (κ2) is 11.6. The van der Waals surface area contributed by atoms with Gasteiger partial charge in [0.2, 0.25) is 0 Å². The molecule has 0 aliphatic carbocycles. The minimum Gasteiger partial charge on any atom is -0.427 e. The molecule has 0 unspecified atom stereocenters. The summed E-state index contributed by atoms with van der Waals surface area (Å²) in [6, 6.07) is 15.9. The van der Waals surface area contributed by atoms with Crippen LogP contribution in [0.5, 0.6) is 5.75 Å². The molecule has 0 spiro atoms. The van der Waals surface area contributed by atoms with Crippen molar-refractivity contribution in [3.8, 4) is 28.0 Å². The Kier molecular flexibility index (Phi) is 9.54. The minimum absolute atomic E-state index is 0.000889. The van der Waals surface area contributed by atoms with Crippen LogP contribution in [-0.2, 0) is 27.1 Å². The SMILES string of the molecule is Cc1cc(OP(O)O)c(C(C)(C)C)c(-c2ccc(C(C)(C)C)cc2C(C)(C)C)c1-c1ccc(C(C)(C)C)cc1C(C)(C)C. The van der Waals surface area contributed by atoms with Crippen molar-refractivity contribution < 1.29 is 14.3 Å². The Morgan fingerprint density at radius 1 is 0.512 bits per heavy atom. The van der Waals surface area contributed by atoms with Crippen LogP contribution in [0.15, 0.2) is 42.5 Å². The second-order valence-corrected chi connectivity index (χ2v) is 18.1. The van der Waals surface area contributed by atoms with Gasteiger partial charge in [0.1, 0.15) is 5.75 Å². The number of hydrogen-bond donors (Lipinski definition) is 2. The van der Waals surface area contributed by atoms with Gasteiger partial charge in [-0.15, -0.1) is 0 Å². The number of benzene rings is 3. The average molecular weight is 605 g/mol. The quantitative estimate of drug-likeness (QED) is 0.291. The highest BCUT2D eigenvalue weighted by Crippen LogP contribution is 2.52. The maximum atomic E-state index is 10.1. The Morgan fingerprint density at radius 3 is 1.23 bits per heavy atom. The van der Waals surface area contributed by atoms with Crippen LogP contribution in [0.1, 0.15) is 137 Å². The molecule has 2 N–H and O–H groups in total. The van der Waals surface area contributed by atoms with Crippen LogP contribution in [0.25, 0.3) is 22.3 Å². The van der Waals surface area contributed by atoms with Crippen molar-refractivity contribution in [2.24, 2.45) is 0 Å². The van der Waals surface area contributed by atoms with Gasteiger partial charge in [0.05, 0.1) is 0 Å². The van der Waals surface area contributed by atoms with Crippen molar-refractivity contribution in [2.75, 3.05) is 0 Å². The van der Waals surface area contributed by atoms with E-state index in [1.54, 1.807) is 0 Å². The van der Waals surface area contributed by atoms with Gasteiger partial charge < -0.3 is 14.3 Å². The molecule has 3 aromatic carbocycles. The molecule has 0 saturated heterocycles. The molecular weight excluding hydrogens is 547 g/mol. The molecular formula is C39H57O3P. The third kappa shape index (κ3) is 7.73. The van der Waals surface area contributed by atoms with E-state index in [1.165, 1.54) is 33.4 Å². The minimum atomic E-state index is -2.59. The summed E-state index contributed by atoms with van der Waals surface area (Å²) in [6.45, 7) is 36.0. The van der Waals surface area contributed by atoms with E-state index in [9.17, 15) is 9.79 Å². The van der Waals surface area contributed by atoms with Gasteiger partial charge >= 0.3 is 8.60 Å². The Hall–Kier alpha value is -2.19. The van der Waals surface area contributed by atoms with Crippen molar-refractivity contribution in [3.05, 3.63) is 75.8 Å². The van der Waals surface area contributed by atoms with Gasteiger partial charge in [-0.1, -0.05) is 140 Å². The average Bonchev–Trinajstić information content (AvgIpc) is 2.79. The van der Waals surface area contributed by atoms with E-state index < -0.39 is 8.60 Å². The number of rotatable bonds is 4. The van der Waals surface area contributed by atoms with Crippen LogP contribution >= 0.6 is 8.60 Å². The fourth-order valence-corrected chi connectivity index (χ4v) is 6.33. The molecule has 0 amide bonds. The number of hydrogen-bond acceptors (Lipinski definition) is 3. The predicted molar refractivity (Wildman–Crippen MR) is 188 cm³/mol. The van der Waals surface area contributed by atoms with E-state index in [4.69, 9.17) is 4.52 Å². The Balaban J connectivity index is 2.71. The standard InChI is InChI=1S/C39H57O3P/c1-24-21-31(42-43(40)41)34(39(14,15)16)33(28-20-18-26(36(5,6)7)23-30(28)38(11,12)13)32(24)27-19-17-25(35(2,3)4)22-29(27)37(8,9)10/h17-23,40-41H,1-16H3. The Labute approximate surface area is 264 Å². The maximum Gasteiger partial charge on any atom is 0.391 e. The van der Waals surface area contributed by atoms with Crippen molar-refractivity contribution >= 4 is 8.60 Å². The summed E-state index contributed by atoms with van der Waals surface area (Å²) in [7, 11) is -2.59. The molecule has 3 rings (SSSR count). The van der Waals surface area contributed by atoms with Crippen molar-refractivity contribution in [1.29, 1.82) is 0 Å². The van der Waals surface area contributed by atoms with E-state index in [2.05, 4.69) is 147 Å². The van der Waals surface area contributed by atoms with Crippen LogP contribution in [-0.4, -0.2) is 9.79 Å². The topological polar surface area (TPSA) is 49.7 Å². The van der Waals surface area contributed by atoms with Crippen molar-refractivity contribution in [2.45, 2.75) is 138 Å². The molecule has 0 atom stereocenters. The zero-order chi connectivity index (χ0) is 33.1. The first-order valence-corrected chi connectivity index (χ1v) is 16.8. The second-order valence-electron chi connectivity index (χ2n) is 17.4. The van der Waals surface area contributed by atoms with Crippen LogP contribution in [0.4, 0.5) is 0 Å². The summed E-state index contributed by atoms with van der Waals surface area (Å²) in [5.41, 5.74) is 11.3. The molecule has 0 radical (unpaired) electrons. The molecule has 0 aromatic heterocycles. The zero-order valence-electron chi connectivity index (χ0n) is 29.8. The lowest BCUT2D eigenvalue weighted by atomic mass is 9.70. The molecule has 43 heavy (non-hydrogen) atoms. The molecule has 3 aromatic rings. The molecule has 0 aliphatic heterocycles. The predicted octanol–water partition coefficient (Wildman–Crippen LogP) is 11.4. The van der Waals surface area contributed by atoms with Gasteiger partial charge in [-0.2, -0.15) is 0 Å². The molecule has 0 heterocycles. The van der Waals surface area contributed by atoms with E-state index in [1.807, 2.05) is 6.07 Å². The monoisotopic (exact) mass is 604 g/mol. The smallest absolute Gasteiger partial charge is 0.391 e. The summed E-state index contributed by atoms with van der Waals surface area (Å²) in [6.07, 6.45) is 0. The first kappa shape index (κ1) is 35.3. The largest absolute Gasteiger partial charge is 0.427 e. The van der Waals surface area contributed by atoms with Gasteiger partial charge in [0.25, 0.3) is 0 Å². The molecule has 3 nitrogen and oxygen atoms in total. The van der Waals surface area contributed by atoms with Crippen LogP contribution in [0, 0.1) is 6.92 Å². The third-order valence-electron chi connectivity index (χ3n) is 8.34. The lowest BCUT2D eigenvalue weighted by molar-refractivity contribution is 0.370. The zero-order valence-corrected chi connectivity index (χ0v) is 30.7. The van der Waals surface area contributed by atoms with Crippen LogP contribution in [0.3, 0.4) is 0 Å². The van der Waals surface area contributed by atoms with Crippen LogP contribution < -0.4 is 4.52 Å². The van der Waals surface area contributed by atoms with Gasteiger partial charge in [0.15, 0.2) is 0 Å². The van der Waals surface area contributed by atoms with E-state index in [0.29, 0.717) is 5.75 Å². The summed E-state index contributed by atoms with van der Waals surface area (Å²) >= 11 is 0. The third-order valence-corrected chi connectivity index (χ3v) is 8.70. The van der Waals surface area contributed by atoms with Gasteiger partial charge in [-0.25, -0.2) is 0 Å². The molecule has 4 heteroatoms. The normalized spacial score (nSPS) is 13.6. The Morgan fingerprint density at radius 2 is 0.907 bits per heavy atom. The summed E-state index contributed by atoms with van der Waals surface area (Å²) < 4.78 is 5.85. The first-order valence-electron chi connectivity index (χ1n) is 15.6. The molecule has 0 fully saturated rings.